The summed E-state index contributed by atoms with van der Waals surface area (Å²) < 4.78 is 15.6. The zero-order valence-electron chi connectivity index (χ0n) is 15.6. The van der Waals surface area contributed by atoms with Crippen LogP contribution in [0.1, 0.15) is 34.6 Å². The van der Waals surface area contributed by atoms with Crippen LogP contribution in [0.3, 0.4) is 0 Å². The van der Waals surface area contributed by atoms with Crippen LogP contribution in [0, 0.1) is 0 Å². The van der Waals surface area contributed by atoms with Crippen LogP contribution in [-0.2, 0) is 9.31 Å². The molecule has 1 saturated heterocycles. The molecule has 1 heterocycles. The Morgan fingerprint density at radius 1 is 1.08 bits per heavy atom. The van der Waals surface area contributed by atoms with Gasteiger partial charge in [-0.3, -0.25) is 0 Å². The Hall–Kier alpha value is -0.776. The second-order valence-electron chi connectivity index (χ2n) is 6.61. The van der Waals surface area contributed by atoms with Crippen LogP contribution in [-0.4, -0.2) is 38.6 Å². The molecule has 2 nitrogen and oxygen atoms in total. The van der Waals surface area contributed by atoms with Gasteiger partial charge in [0.05, 0.1) is 11.2 Å². The van der Waals surface area contributed by atoms with E-state index in [-0.39, 0.29) is 11.2 Å². The van der Waals surface area contributed by atoms with Gasteiger partial charge in [0.25, 0.3) is 0 Å². The Bertz CT molecular complexity index is 536. The SMILES string of the molecule is C=C/C=[CH]/[Sn]([CH2]/C=C\C)[c]1ccccc1.CC1(C)O[B]OC1(C)C. The minimum atomic E-state index is -1.56. The summed E-state index contributed by atoms with van der Waals surface area (Å²) in [5, 5.41) is 0. The Morgan fingerprint density at radius 3 is 2.08 bits per heavy atom. The molecule has 1 aromatic rings. The van der Waals surface area contributed by atoms with Gasteiger partial charge in [0.2, 0.25) is 0 Å². The largest absolute Gasteiger partial charge is 0.488 e. The molecule has 1 aliphatic rings. The predicted molar refractivity (Wildman–Crippen MR) is 107 cm³/mol. The van der Waals surface area contributed by atoms with Gasteiger partial charge in [-0.2, -0.15) is 0 Å². The molecule has 0 unspecified atom stereocenters. The van der Waals surface area contributed by atoms with Crippen molar-refractivity contribution in [3.05, 3.63) is 65.3 Å². The molecule has 0 amide bonds. The molecule has 2 radical (unpaired) electrons. The third kappa shape index (κ3) is 6.62. The third-order valence-corrected chi connectivity index (χ3v) is 11.0. The van der Waals surface area contributed by atoms with Crippen molar-refractivity contribution in [2.75, 3.05) is 0 Å². The maximum Gasteiger partial charge on any atom is 0.488 e. The van der Waals surface area contributed by atoms with Gasteiger partial charge in [-0.15, -0.1) is 0 Å². The fraction of sp³-hybridized carbons (Fsp3) is 0.400. The van der Waals surface area contributed by atoms with Crippen LogP contribution < -0.4 is 3.58 Å². The van der Waals surface area contributed by atoms with Gasteiger partial charge >= 0.3 is 108 Å². The average Bonchev–Trinajstić information content (AvgIpc) is 2.80. The molecule has 2 rings (SSSR count). The Morgan fingerprint density at radius 2 is 1.67 bits per heavy atom. The van der Waals surface area contributed by atoms with Crippen molar-refractivity contribution in [3.63, 3.8) is 0 Å². The van der Waals surface area contributed by atoms with Gasteiger partial charge in [-0.25, -0.2) is 0 Å². The first-order valence-electron chi connectivity index (χ1n) is 8.33. The van der Waals surface area contributed by atoms with E-state index in [0.717, 1.165) is 0 Å². The topological polar surface area (TPSA) is 18.5 Å². The first kappa shape index (κ1) is 21.3. The number of rotatable bonds is 5. The molecule has 0 saturated carbocycles. The zero-order chi connectivity index (χ0) is 18.1. The van der Waals surface area contributed by atoms with Crippen molar-refractivity contribution < 1.29 is 9.31 Å². The fourth-order valence-electron chi connectivity index (χ4n) is 1.91. The standard InChI is InChI=1S/C6H12BO2.C6H5.C4H7.C4H5.Sn/c1-5(2)6(3,4)9-7-8-5;1-2-4-6-5-3-1;2*1-3-4-2;/h1-4H3;1-5H;3-4H,1H2,2H3;1,3-4H,2H2;/b;;4-3-;;. The molecule has 1 fully saturated rings. The van der Waals surface area contributed by atoms with Gasteiger partial charge in [0.1, 0.15) is 0 Å². The van der Waals surface area contributed by atoms with Crippen molar-refractivity contribution >= 4 is 31.0 Å². The van der Waals surface area contributed by atoms with Gasteiger partial charge in [0.15, 0.2) is 0 Å². The molecule has 4 heteroatoms. The number of benzene rings is 1. The Labute approximate surface area is 155 Å². The first-order valence-corrected chi connectivity index (χ1v) is 13.4. The second-order valence-corrected chi connectivity index (χ2v) is 13.4. The van der Waals surface area contributed by atoms with E-state index in [0.29, 0.717) is 0 Å². The van der Waals surface area contributed by atoms with E-state index in [1.54, 1.807) is 3.58 Å². The van der Waals surface area contributed by atoms with E-state index in [1.807, 2.05) is 33.8 Å². The Kier molecular flexibility index (Phi) is 9.10. The fourth-order valence-corrected chi connectivity index (χ4v) is 7.74. The van der Waals surface area contributed by atoms with Crippen molar-refractivity contribution in [2.24, 2.45) is 0 Å². The summed E-state index contributed by atoms with van der Waals surface area (Å²) in [7, 11) is 1.42. The summed E-state index contributed by atoms with van der Waals surface area (Å²) in [5.41, 5.74) is -0.375. The van der Waals surface area contributed by atoms with Gasteiger partial charge in [-0.1, -0.05) is 0 Å². The molecule has 24 heavy (non-hydrogen) atoms. The van der Waals surface area contributed by atoms with Crippen molar-refractivity contribution in [1.29, 1.82) is 0 Å². The van der Waals surface area contributed by atoms with E-state index in [4.69, 9.17) is 9.31 Å². The maximum atomic E-state index is 5.21. The van der Waals surface area contributed by atoms with Gasteiger partial charge in [0, 0.05) is 0 Å². The monoisotopic (exact) mass is 432 g/mol. The van der Waals surface area contributed by atoms with E-state index in [2.05, 4.69) is 66.2 Å². The van der Waals surface area contributed by atoms with E-state index >= 15 is 0 Å². The average molecular weight is 431 g/mol. The summed E-state index contributed by atoms with van der Waals surface area (Å²) in [6.07, 6.45) is 8.41. The summed E-state index contributed by atoms with van der Waals surface area (Å²) in [6.45, 7) is 13.9. The van der Waals surface area contributed by atoms with Crippen LogP contribution in [0.4, 0.5) is 0 Å². The molecule has 0 aliphatic carbocycles. The summed E-state index contributed by atoms with van der Waals surface area (Å²) in [4.78, 5) is 0. The zero-order valence-corrected chi connectivity index (χ0v) is 18.4. The van der Waals surface area contributed by atoms with Gasteiger partial charge < -0.3 is 9.31 Å². The molecule has 128 valence electrons. The molecular weight excluding hydrogens is 402 g/mol. The Balaban J connectivity index is 0.000000272. The van der Waals surface area contributed by atoms with E-state index < -0.39 is 19.8 Å². The molecule has 0 spiro atoms. The van der Waals surface area contributed by atoms with Crippen molar-refractivity contribution in [1.82, 2.24) is 0 Å². The molecule has 0 bridgehead atoms. The second kappa shape index (κ2) is 10.3. The summed E-state index contributed by atoms with van der Waals surface area (Å²) in [6, 6.07) is 10.9. The first-order chi connectivity index (χ1) is 11.3. The van der Waals surface area contributed by atoms with E-state index in [1.165, 1.54) is 12.1 Å². The summed E-state index contributed by atoms with van der Waals surface area (Å²) in [5.74, 6) is 0. The predicted octanol–water partition coefficient (Wildman–Crippen LogP) is 4.37. The van der Waals surface area contributed by atoms with Gasteiger partial charge in [-0.05, 0) is 27.7 Å². The smallest absolute Gasteiger partial charge is 0.405 e. The van der Waals surface area contributed by atoms with Crippen LogP contribution >= 0.6 is 0 Å². The minimum absolute atomic E-state index is 0.187. The molecule has 0 atom stereocenters. The summed E-state index contributed by atoms with van der Waals surface area (Å²) >= 11 is -1.56. The molecular formula is C20H29BO2Sn. The molecule has 0 N–H and O–H groups in total. The number of allylic oxidation sites excluding steroid dienone is 4. The van der Waals surface area contributed by atoms with Crippen LogP contribution in [0.5, 0.6) is 0 Å². The third-order valence-electron chi connectivity index (χ3n) is 4.29. The maximum absolute atomic E-state index is 5.21. The molecule has 1 aromatic carbocycles. The molecule has 0 aromatic heterocycles. The van der Waals surface area contributed by atoms with Crippen LogP contribution in [0.2, 0.25) is 4.44 Å². The minimum Gasteiger partial charge on any atom is -0.405 e. The van der Waals surface area contributed by atoms with Crippen LogP contribution in [0.15, 0.2) is 65.3 Å². The molecule has 1 aliphatic heterocycles. The van der Waals surface area contributed by atoms with Crippen molar-refractivity contribution in [3.8, 4) is 0 Å². The number of hydrogen-bond acceptors (Lipinski definition) is 2. The number of hydrogen-bond donors (Lipinski definition) is 0. The quantitative estimate of drug-likeness (QED) is 0.392. The van der Waals surface area contributed by atoms with Crippen molar-refractivity contribution in [2.45, 2.75) is 50.3 Å². The van der Waals surface area contributed by atoms with E-state index in [9.17, 15) is 0 Å². The normalized spacial score (nSPS) is 18.4. The van der Waals surface area contributed by atoms with Crippen LogP contribution in [0.25, 0.3) is 0 Å².